The Balaban J connectivity index is 0.00000289. The Kier molecular flexibility index (Phi) is 5.90. The Morgan fingerprint density at radius 1 is 1.44 bits per heavy atom. The summed E-state index contributed by atoms with van der Waals surface area (Å²) in [5, 5.41) is 2.87. The molecule has 0 fully saturated rings. The van der Waals surface area contributed by atoms with Crippen LogP contribution in [0.15, 0.2) is 6.07 Å². The quantitative estimate of drug-likeness (QED) is 0.882. The SMILES string of the molecule is CCn1c(C)cc(C(=O)NCC(C)(C)N)c1C.Cl. The molecule has 1 amide bonds. The van der Waals surface area contributed by atoms with Crippen molar-refractivity contribution in [3.05, 3.63) is 23.0 Å². The fourth-order valence-corrected chi connectivity index (χ4v) is 1.92. The minimum atomic E-state index is -0.383. The van der Waals surface area contributed by atoms with Crippen molar-refractivity contribution in [1.29, 1.82) is 0 Å². The third-order valence-corrected chi connectivity index (χ3v) is 2.84. The van der Waals surface area contributed by atoms with Gasteiger partial charge in [-0.1, -0.05) is 0 Å². The second-order valence-corrected chi connectivity index (χ2v) is 5.20. The zero-order valence-corrected chi connectivity index (χ0v) is 12.6. The minimum absolute atomic E-state index is 0. The highest BCUT2D eigenvalue weighted by Gasteiger charge is 2.17. The average molecular weight is 274 g/mol. The summed E-state index contributed by atoms with van der Waals surface area (Å²) in [5.41, 5.74) is 8.33. The number of amides is 1. The molecule has 0 radical (unpaired) electrons. The van der Waals surface area contributed by atoms with Crippen molar-refractivity contribution in [2.75, 3.05) is 6.54 Å². The lowest BCUT2D eigenvalue weighted by Gasteiger charge is -2.18. The first kappa shape index (κ1) is 17.0. The maximum absolute atomic E-state index is 12.0. The minimum Gasteiger partial charge on any atom is -0.350 e. The van der Waals surface area contributed by atoms with Crippen LogP contribution in [-0.4, -0.2) is 22.6 Å². The lowest BCUT2D eigenvalue weighted by molar-refractivity contribution is 0.0945. The van der Waals surface area contributed by atoms with Gasteiger partial charge in [0.1, 0.15) is 0 Å². The molecule has 1 rings (SSSR count). The van der Waals surface area contributed by atoms with E-state index in [2.05, 4.69) is 16.8 Å². The van der Waals surface area contributed by atoms with Gasteiger partial charge in [0.2, 0.25) is 0 Å². The third kappa shape index (κ3) is 4.03. The first-order valence-corrected chi connectivity index (χ1v) is 6.00. The van der Waals surface area contributed by atoms with Crippen LogP contribution < -0.4 is 11.1 Å². The van der Waals surface area contributed by atoms with Gasteiger partial charge in [-0.3, -0.25) is 4.79 Å². The Hall–Kier alpha value is -1.00. The zero-order valence-electron chi connectivity index (χ0n) is 11.8. The van der Waals surface area contributed by atoms with Gasteiger partial charge in [-0.15, -0.1) is 12.4 Å². The van der Waals surface area contributed by atoms with Gasteiger partial charge in [0.25, 0.3) is 5.91 Å². The van der Waals surface area contributed by atoms with Crippen LogP contribution >= 0.6 is 12.4 Å². The molecule has 1 heterocycles. The molecule has 4 nitrogen and oxygen atoms in total. The fraction of sp³-hybridized carbons (Fsp3) is 0.615. The number of carbonyl (C=O) groups excluding carboxylic acids is 1. The molecule has 0 atom stereocenters. The van der Waals surface area contributed by atoms with Gasteiger partial charge in [-0.05, 0) is 40.7 Å². The van der Waals surface area contributed by atoms with Gasteiger partial charge in [-0.25, -0.2) is 0 Å². The van der Waals surface area contributed by atoms with E-state index in [0.717, 1.165) is 23.5 Å². The molecule has 18 heavy (non-hydrogen) atoms. The number of halogens is 1. The molecular formula is C13H24ClN3O. The number of aromatic nitrogens is 1. The largest absolute Gasteiger partial charge is 0.350 e. The molecule has 3 N–H and O–H groups in total. The second kappa shape index (κ2) is 6.25. The highest BCUT2D eigenvalue weighted by molar-refractivity contribution is 5.95. The number of carbonyl (C=O) groups is 1. The number of rotatable bonds is 4. The van der Waals surface area contributed by atoms with Crippen LogP contribution in [0.3, 0.4) is 0 Å². The summed E-state index contributed by atoms with van der Waals surface area (Å²) in [6, 6.07) is 1.93. The first-order valence-electron chi connectivity index (χ1n) is 6.00. The van der Waals surface area contributed by atoms with E-state index in [4.69, 9.17) is 5.73 Å². The lowest BCUT2D eigenvalue weighted by atomic mass is 10.1. The molecule has 0 aliphatic rings. The lowest BCUT2D eigenvalue weighted by Crippen LogP contribution is -2.45. The number of hydrogen-bond donors (Lipinski definition) is 2. The van der Waals surface area contributed by atoms with Crippen LogP contribution in [0.25, 0.3) is 0 Å². The van der Waals surface area contributed by atoms with Crippen LogP contribution in [0.1, 0.15) is 42.5 Å². The highest BCUT2D eigenvalue weighted by atomic mass is 35.5. The molecule has 0 unspecified atom stereocenters. The van der Waals surface area contributed by atoms with Gasteiger partial charge < -0.3 is 15.6 Å². The molecule has 104 valence electrons. The normalized spacial score (nSPS) is 11.0. The number of hydrogen-bond acceptors (Lipinski definition) is 2. The van der Waals surface area contributed by atoms with Crippen LogP contribution in [-0.2, 0) is 6.54 Å². The molecule has 0 aliphatic heterocycles. The highest BCUT2D eigenvalue weighted by Crippen LogP contribution is 2.14. The van der Waals surface area contributed by atoms with E-state index in [1.54, 1.807) is 0 Å². The standard InChI is InChI=1S/C13H23N3O.ClH/c1-6-16-9(2)7-11(10(16)3)12(17)15-8-13(4,5)14;/h7H,6,8,14H2,1-5H3,(H,15,17);1H. The Bertz CT molecular complexity index is 419. The maximum atomic E-state index is 12.0. The summed E-state index contributed by atoms with van der Waals surface area (Å²) in [6.45, 7) is 11.2. The van der Waals surface area contributed by atoms with E-state index in [1.165, 1.54) is 0 Å². The molecule has 0 spiro atoms. The second-order valence-electron chi connectivity index (χ2n) is 5.20. The maximum Gasteiger partial charge on any atom is 0.253 e. The summed E-state index contributed by atoms with van der Waals surface area (Å²) >= 11 is 0. The van der Waals surface area contributed by atoms with Crippen molar-refractivity contribution in [2.24, 2.45) is 5.73 Å². The smallest absolute Gasteiger partial charge is 0.253 e. The average Bonchev–Trinajstić information content (AvgIpc) is 2.49. The van der Waals surface area contributed by atoms with Crippen LogP contribution in [0.2, 0.25) is 0 Å². The van der Waals surface area contributed by atoms with Crippen molar-refractivity contribution in [2.45, 2.75) is 46.7 Å². The van der Waals surface area contributed by atoms with Gasteiger partial charge in [0.15, 0.2) is 0 Å². The molecule has 0 bridgehead atoms. The number of nitrogens with one attached hydrogen (secondary N) is 1. The number of aryl methyl sites for hydroxylation is 1. The predicted octanol–water partition coefficient (Wildman–Crippen LogP) is 2.01. The first-order chi connectivity index (χ1) is 7.76. The zero-order chi connectivity index (χ0) is 13.2. The summed E-state index contributed by atoms with van der Waals surface area (Å²) in [4.78, 5) is 12.0. The van der Waals surface area contributed by atoms with E-state index in [1.807, 2.05) is 33.8 Å². The molecule has 0 aliphatic carbocycles. The van der Waals surface area contributed by atoms with Crippen molar-refractivity contribution in [1.82, 2.24) is 9.88 Å². The van der Waals surface area contributed by atoms with Crippen LogP contribution in [0.4, 0.5) is 0 Å². The Labute approximate surface area is 115 Å². The number of nitrogens with two attached hydrogens (primary N) is 1. The molecule has 1 aromatic rings. The monoisotopic (exact) mass is 273 g/mol. The van der Waals surface area contributed by atoms with Crippen molar-refractivity contribution in [3.63, 3.8) is 0 Å². The van der Waals surface area contributed by atoms with Crippen LogP contribution in [0, 0.1) is 13.8 Å². The Morgan fingerprint density at radius 3 is 2.39 bits per heavy atom. The molecule has 5 heteroatoms. The van der Waals surface area contributed by atoms with Gasteiger partial charge in [-0.2, -0.15) is 0 Å². The molecule has 0 aromatic carbocycles. The van der Waals surface area contributed by atoms with Gasteiger partial charge in [0, 0.05) is 30.0 Å². The van der Waals surface area contributed by atoms with E-state index < -0.39 is 0 Å². The topological polar surface area (TPSA) is 60.0 Å². The van der Waals surface area contributed by atoms with E-state index in [0.29, 0.717) is 6.54 Å². The van der Waals surface area contributed by atoms with E-state index in [-0.39, 0.29) is 23.9 Å². The summed E-state index contributed by atoms with van der Waals surface area (Å²) in [5.74, 6) is -0.0451. The van der Waals surface area contributed by atoms with Crippen molar-refractivity contribution in [3.8, 4) is 0 Å². The summed E-state index contributed by atoms with van der Waals surface area (Å²) in [6.07, 6.45) is 0. The number of nitrogens with zero attached hydrogens (tertiary/aromatic N) is 1. The van der Waals surface area contributed by atoms with E-state index >= 15 is 0 Å². The third-order valence-electron chi connectivity index (χ3n) is 2.84. The predicted molar refractivity (Wildman–Crippen MR) is 77.4 cm³/mol. The van der Waals surface area contributed by atoms with Crippen LogP contribution in [0.5, 0.6) is 0 Å². The molecular weight excluding hydrogens is 250 g/mol. The summed E-state index contributed by atoms with van der Waals surface area (Å²) in [7, 11) is 0. The fourth-order valence-electron chi connectivity index (χ4n) is 1.92. The van der Waals surface area contributed by atoms with Crippen molar-refractivity contribution < 1.29 is 4.79 Å². The summed E-state index contributed by atoms with van der Waals surface area (Å²) < 4.78 is 2.13. The van der Waals surface area contributed by atoms with E-state index in [9.17, 15) is 4.79 Å². The molecule has 0 saturated heterocycles. The molecule has 1 aromatic heterocycles. The van der Waals surface area contributed by atoms with Gasteiger partial charge in [0.05, 0.1) is 5.56 Å². The van der Waals surface area contributed by atoms with Gasteiger partial charge >= 0.3 is 0 Å². The Morgan fingerprint density at radius 2 is 2.00 bits per heavy atom. The molecule has 0 saturated carbocycles. The van der Waals surface area contributed by atoms with Crippen molar-refractivity contribution >= 4 is 18.3 Å².